The molecule has 1 aromatic heterocycles. The average molecular weight is 770 g/mol. The first-order valence-electron chi connectivity index (χ1n) is 18.4. The van der Waals surface area contributed by atoms with Crippen molar-refractivity contribution in [3.05, 3.63) is 45.1 Å². The number of carbonyl (C=O) groups is 3. The van der Waals surface area contributed by atoms with Gasteiger partial charge in [0.1, 0.15) is 0 Å². The lowest BCUT2D eigenvalue weighted by atomic mass is 9.83. The van der Waals surface area contributed by atoms with Gasteiger partial charge in [-0.1, -0.05) is 0 Å². The number of hydrogen-bond donors (Lipinski definition) is 2. The molecule has 53 heavy (non-hydrogen) atoms. The number of piperidine rings is 4. The third-order valence-electron chi connectivity index (χ3n) is 11.9. The Labute approximate surface area is 308 Å². The normalized spacial score (nSPS) is 25.2. The highest BCUT2D eigenvalue weighted by molar-refractivity contribution is 7.08. The third-order valence-corrected chi connectivity index (χ3v) is 12.7. The number of rotatable bonds is 7. The molecule has 8 rings (SSSR count). The minimum Gasteiger partial charge on any atom is -0.398 e. The number of anilines is 2. The summed E-state index contributed by atoms with van der Waals surface area (Å²) < 4.78 is 83.6. The highest BCUT2D eigenvalue weighted by atomic mass is 32.1. The summed E-state index contributed by atoms with van der Waals surface area (Å²) in [4.78, 5) is 50.8. The average Bonchev–Trinajstić information content (AvgIpc) is 3.51. The third kappa shape index (κ3) is 8.11. The number of amides is 4. The summed E-state index contributed by atoms with van der Waals surface area (Å²) in [6, 6.07) is 1.20. The first kappa shape index (κ1) is 37.7. The van der Waals surface area contributed by atoms with Crippen LogP contribution in [0, 0.1) is 11.8 Å². The lowest BCUT2D eigenvalue weighted by molar-refractivity contribution is -0.144. The van der Waals surface area contributed by atoms with E-state index in [0.29, 0.717) is 89.2 Å². The van der Waals surface area contributed by atoms with Gasteiger partial charge >= 0.3 is 18.4 Å². The summed E-state index contributed by atoms with van der Waals surface area (Å²) in [6.07, 6.45) is -7.25. The highest BCUT2D eigenvalue weighted by Gasteiger charge is 2.43. The van der Waals surface area contributed by atoms with E-state index in [4.69, 9.17) is 5.73 Å². The number of nitrogens with zero attached hydrogens (tertiary/aromatic N) is 5. The molecule has 5 fully saturated rings. The number of alkyl halides is 6. The summed E-state index contributed by atoms with van der Waals surface area (Å²) >= 11 is 1.52. The predicted molar refractivity (Wildman–Crippen MR) is 187 cm³/mol. The molecule has 5 saturated heterocycles. The lowest BCUT2D eigenvalue weighted by Gasteiger charge is -2.51. The summed E-state index contributed by atoms with van der Waals surface area (Å²) in [7, 11) is 0. The van der Waals surface area contributed by atoms with Crippen LogP contribution in [0.1, 0.15) is 54.4 Å². The van der Waals surface area contributed by atoms with E-state index in [9.17, 15) is 40.7 Å². The molecule has 6 aliphatic heterocycles. The molecule has 3 N–H and O–H groups in total. The summed E-state index contributed by atoms with van der Waals surface area (Å²) in [6.45, 7) is 6.19. The van der Waals surface area contributed by atoms with Crippen molar-refractivity contribution in [3.63, 3.8) is 0 Å². The fraction of sp³-hybridized carbons (Fsp3) is 0.639. The second-order valence-electron chi connectivity index (χ2n) is 15.1. The molecule has 2 bridgehead atoms. The molecule has 1 aromatic carbocycles. The van der Waals surface area contributed by atoms with Gasteiger partial charge in [-0.15, -0.1) is 11.3 Å². The molecule has 6 aliphatic rings. The molecule has 0 aliphatic carbocycles. The Balaban J connectivity index is 1.06. The van der Waals surface area contributed by atoms with Crippen molar-refractivity contribution in [1.29, 1.82) is 0 Å². The first-order chi connectivity index (χ1) is 25.2. The van der Waals surface area contributed by atoms with Crippen LogP contribution >= 0.6 is 11.3 Å². The van der Waals surface area contributed by atoms with Crippen LogP contribution in [0.5, 0.6) is 0 Å². The van der Waals surface area contributed by atoms with Crippen molar-refractivity contribution in [2.75, 3.05) is 76.5 Å². The van der Waals surface area contributed by atoms with Gasteiger partial charge in [0, 0.05) is 76.2 Å². The minimum absolute atomic E-state index is 0.118. The van der Waals surface area contributed by atoms with Crippen molar-refractivity contribution >= 4 is 40.6 Å². The number of carbonyl (C=O) groups excluding carboxylic acids is 3. The minimum atomic E-state index is -5.17. The van der Waals surface area contributed by atoms with E-state index in [0.717, 1.165) is 43.7 Å². The Morgan fingerprint density at radius 1 is 0.849 bits per heavy atom. The number of hydrogen-bond acceptors (Lipinski definition) is 7. The number of benzene rings is 1. The summed E-state index contributed by atoms with van der Waals surface area (Å²) in [5.74, 6) is -1.47. The van der Waals surface area contributed by atoms with Gasteiger partial charge in [0.15, 0.2) is 0 Å². The topological polar surface area (TPSA) is 105 Å². The molecule has 290 valence electrons. The molecule has 1 unspecified atom stereocenters. The van der Waals surface area contributed by atoms with E-state index < -0.39 is 53.3 Å². The maximum absolute atomic E-state index is 14.2. The van der Waals surface area contributed by atoms with Gasteiger partial charge in [-0.3, -0.25) is 14.5 Å². The number of nitrogens with two attached hydrogens (primary N) is 1. The largest absolute Gasteiger partial charge is 0.418 e. The van der Waals surface area contributed by atoms with Crippen LogP contribution in [-0.4, -0.2) is 120 Å². The molecule has 7 heterocycles. The number of nitrogens with one attached hydrogen (secondary N) is 1. The lowest BCUT2D eigenvalue weighted by Crippen LogP contribution is -2.61. The molecule has 0 radical (unpaired) electrons. The van der Waals surface area contributed by atoms with Crippen LogP contribution in [0.25, 0.3) is 0 Å². The van der Waals surface area contributed by atoms with Crippen molar-refractivity contribution in [2.24, 2.45) is 11.8 Å². The Bertz CT molecular complexity index is 1640. The van der Waals surface area contributed by atoms with Gasteiger partial charge in [0.25, 0.3) is 0 Å². The van der Waals surface area contributed by atoms with Crippen LogP contribution in [0.4, 0.5) is 42.5 Å². The second kappa shape index (κ2) is 14.9. The van der Waals surface area contributed by atoms with E-state index >= 15 is 0 Å². The van der Waals surface area contributed by atoms with Gasteiger partial charge in [-0.25, -0.2) is 4.79 Å². The summed E-state index contributed by atoms with van der Waals surface area (Å²) in [5, 5.41) is 6.86. The SMILES string of the molecule is Nc1c(C(F)(F)F)cc(C[C@@H](CC(=O)N2CCC(N3CCc4cscc4NC3=O)CC2)C(=O)N2CCN(C3CN4CCC3CC4)CC2)cc1C(F)(F)F. The Morgan fingerprint density at radius 2 is 1.49 bits per heavy atom. The van der Waals surface area contributed by atoms with Gasteiger partial charge in [-0.05, 0) is 86.2 Å². The van der Waals surface area contributed by atoms with Crippen LogP contribution in [0.2, 0.25) is 0 Å². The highest BCUT2D eigenvalue weighted by Crippen LogP contribution is 2.43. The van der Waals surface area contributed by atoms with E-state index in [2.05, 4.69) is 15.1 Å². The van der Waals surface area contributed by atoms with E-state index in [1.807, 2.05) is 10.8 Å². The maximum Gasteiger partial charge on any atom is 0.418 e. The quantitative estimate of drug-likeness (QED) is 0.295. The standard InChI is InChI=1S/C36H45F6N7O3S/c37-35(38,39)27-16-22(17-28(32(27)43)36(40,41)42)15-25(33(51)48-13-11-46(12-14-48)30-19-45-6-1-23(30)2-7-45)18-31(50)47-8-4-26(5-9-47)49-10-3-24-20-53-21-29(24)44-34(49)52/h16-17,20-21,23,25-26,30H,1-15,18-19,43H2,(H,44,52)/t25-,30?/m0/s1. The van der Waals surface area contributed by atoms with E-state index in [-0.39, 0.29) is 24.1 Å². The number of halogens is 6. The monoisotopic (exact) mass is 769 g/mol. The molecule has 4 amide bonds. The smallest absolute Gasteiger partial charge is 0.398 e. The predicted octanol–water partition coefficient (Wildman–Crippen LogP) is 5.24. The van der Waals surface area contributed by atoms with Crippen molar-refractivity contribution in [2.45, 2.75) is 69.4 Å². The Hall–Kier alpha value is -3.57. The van der Waals surface area contributed by atoms with Crippen molar-refractivity contribution in [1.82, 2.24) is 24.5 Å². The first-order valence-corrected chi connectivity index (χ1v) is 19.3. The van der Waals surface area contributed by atoms with E-state index in [1.165, 1.54) is 11.3 Å². The van der Waals surface area contributed by atoms with Gasteiger partial charge in [0.05, 0.1) is 28.4 Å². The molecule has 0 spiro atoms. The zero-order chi connectivity index (χ0) is 37.7. The molecular weight excluding hydrogens is 724 g/mol. The van der Waals surface area contributed by atoms with E-state index in [1.54, 1.807) is 14.7 Å². The number of urea groups is 1. The zero-order valence-electron chi connectivity index (χ0n) is 29.4. The van der Waals surface area contributed by atoms with Crippen molar-refractivity contribution in [3.8, 4) is 0 Å². The Morgan fingerprint density at radius 3 is 2.08 bits per heavy atom. The van der Waals surface area contributed by atoms with Crippen LogP contribution in [0.15, 0.2) is 22.9 Å². The fourth-order valence-corrected chi connectivity index (χ4v) is 9.81. The molecule has 2 atom stereocenters. The number of thiophene rings is 1. The van der Waals surface area contributed by atoms with Crippen LogP contribution in [0.3, 0.4) is 0 Å². The number of fused-ring (bicyclic) bond motifs is 4. The summed E-state index contributed by atoms with van der Waals surface area (Å²) in [5.41, 5.74) is 2.23. The molecule has 2 aromatic rings. The molecule has 10 nitrogen and oxygen atoms in total. The molecule has 0 saturated carbocycles. The number of likely N-dealkylation sites (tertiary alicyclic amines) is 1. The van der Waals surface area contributed by atoms with Crippen LogP contribution < -0.4 is 11.1 Å². The van der Waals surface area contributed by atoms with Gasteiger partial charge in [0.2, 0.25) is 11.8 Å². The molecular formula is C36H45F6N7O3S. The number of nitrogen functional groups attached to an aromatic ring is 1. The second-order valence-corrected chi connectivity index (χ2v) is 15.8. The van der Waals surface area contributed by atoms with Crippen LogP contribution in [-0.2, 0) is 34.8 Å². The number of piperazine rings is 1. The van der Waals surface area contributed by atoms with Gasteiger partial charge < -0.3 is 30.7 Å². The fourth-order valence-electron chi connectivity index (χ4n) is 8.98. The van der Waals surface area contributed by atoms with Crippen molar-refractivity contribution < 1.29 is 40.7 Å². The Kier molecular flexibility index (Phi) is 10.6. The molecule has 17 heteroatoms. The zero-order valence-corrected chi connectivity index (χ0v) is 30.2. The van der Waals surface area contributed by atoms with Gasteiger partial charge in [-0.2, -0.15) is 26.3 Å². The maximum atomic E-state index is 14.2.